The van der Waals surface area contributed by atoms with Gasteiger partial charge in [0, 0.05) is 37.6 Å². The molecule has 30 heavy (non-hydrogen) atoms. The van der Waals surface area contributed by atoms with E-state index < -0.39 is 0 Å². The van der Waals surface area contributed by atoms with E-state index in [9.17, 15) is 9.59 Å². The Bertz CT molecular complexity index is 816. The van der Waals surface area contributed by atoms with Crippen molar-refractivity contribution in [2.24, 2.45) is 0 Å². The van der Waals surface area contributed by atoms with E-state index in [1.54, 1.807) is 11.8 Å². The Morgan fingerprint density at radius 1 is 1.40 bits per heavy atom. The molecule has 0 spiro atoms. The fourth-order valence-electron chi connectivity index (χ4n) is 4.06. The Morgan fingerprint density at radius 2 is 2.27 bits per heavy atom. The molecule has 4 heterocycles. The Kier molecular flexibility index (Phi) is 7.28. The fraction of sp³-hybridized carbons (Fsp3) is 0.650. The first-order valence-electron chi connectivity index (χ1n) is 10.3. The lowest BCUT2D eigenvalue weighted by Gasteiger charge is -2.34. The van der Waals surface area contributed by atoms with E-state index in [2.05, 4.69) is 4.98 Å². The third-order valence-corrected chi connectivity index (χ3v) is 8.13. The zero-order chi connectivity index (χ0) is 21.1. The number of carbonyl (C=O) groups excluding carboxylic acids is 2. The molecule has 3 saturated heterocycles. The predicted octanol–water partition coefficient (Wildman–Crippen LogP) is 2.62. The molecular weight excluding hydrogens is 440 g/mol. The first-order valence-corrected chi connectivity index (χ1v) is 12.7. The van der Waals surface area contributed by atoms with Crippen LogP contribution in [0.4, 0.5) is 0 Å². The molecule has 3 aliphatic rings. The molecule has 0 saturated carbocycles. The third-order valence-electron chi connectivity index (χ3n) is 5.71. The lowest BCUT2D eigenvalue weighted by molar-refractivity contribution is -0.136. The van der Waals surface area contributed by atoms with Crippen molar-refractivity contribution in [3.8, 4) is 0 Å². The van der Waals surface area contributed by atoms with Gasteiger partial charge in [-0.15, -0.1) is 0 Å². The van der Waals surface area contributed by atoms with E-state index in [1.807, 2.05) is 18.0 Å². The highest BCUT2D eigenvalue weighted by molar-refractivity contribution is 8.23. The molecular formula is C20H26N4O3S3. The maximum Gasteiger partial charge on any atom is 0.242 e. The molecule has 0 aliphatic carbocycles. The van der Waals surface area contributed by atoms with Crippen molar-refractivity contribution in [1.82, 2.24) is 19.8 Å². The highest BCUT2D eigenvalue weighted by Crippen LogP contribution is 2.30. The van der Waals surface area contributed by atoms with E-state index in [4.69, 9.17) is 21.9 Å². The lowest BCUT2D eigenvalue weighted by atomic mass is 9.92. The van der Waals surface area contributed by atoms with Gasteiger partial charge in [0.1, 0.15) is 10.9 Å². The molecule has 0 aromatic carbocycles. The van der Waals surface area contributed by atoms with E-state index in [0.29, 0.717) is 29.3 Å². The number of aromatic nitrogens is 2. The summed E-state index contributed by atoms with van der Waals surface area (Å²) in [6.07, 6.45) is 6.33. The summed E-state index contributed by atoms with van der Waals surface area (Å²) in [6.45, 7) is 4.26. The molecule has 0 bridgehead atoms. The zero-order valence-electron chi connectivity index (χ0n) is 17.0. The van der Waals surface area contributed by atoms with Gasteiger partial charge >= 0.3 is 0 Å². The number of nitrogens with zero attached hydrogens (tertiary/aromatic N) is 4. The topological polar surface area (TPSA) is 75.6 Å². The van der Waals surface area contributed by atoms with E-state index >= 15 is 0 Å². The van der Waals surface area contributed by atoms with Gasteiger partial charge in [-0.1, -0.05) is 35.7 Å². The number of carbonyl (C=O) groups is 2. The van der Waals surface area contributed by atoms with Gasteiger partial charge in [0.2, 0.25) is 11.8 Å². The molecule has 4 rings (SSSR count). The van der Waals surface area contributed by atoms with Crippen LogP contribution in [0.3, 0.4) is 0 Å². The number of thiocarbonyl (C=S) groups is 1. The fourth-order valence-corrected chi connectivity index (χ4v) is 6.02. The Hall–Kier alpha value is -1.23. The van der Waals surface area contributed by atoms with Crippen molar-refractivity contribution in [3.05, 3.63) is 17.5 Å². The van der Waals surface area contributed by atoms with Gasteiger partial charge in [0.25, 0.3) is 0 Å². The normalized spacial score (nSPS) is 24.7. The number of aryl methyl sites for hydroxylation is 1. The van der Waals surface area contributed by atoms with E-state index in [0.717, 1.165) is 54.5 Å². The third kappa shape index (κ3) is 5.15. The summed E-state index contributed by atoms with van der Waals surface area (Å²) in [5.74, 6) is 1.27. The molecule has 2 atom stereocenters. The van der Waals surface area contributed by atoms with Crippen LogP contribution >= 0.6 is 35.7 Å². The number of hydrogen-bond acceptors (Lipinski definition) is 8. The molecule has 162 valence electrons. The van der Waals surface area contributed by atoms with Gasteiger partial charge in [-0.05, 0) is 38.2 Å². The van der Waals surface area contributed by atoms with Crippen LogP contribution in [0.5, 0.6) is 0 Å². The maximum atomic E-state index is 12.8. The van der Waals surface area contributed by atoms with Crippen molar-refractivity contribution in [1.29, 1.82) is 0 Å². The summed E-state index contributed by atoms with van der Waals surface area (Å²) in [7, 11) is 0. The predicted molar refractivity (Wildman–Crippen MR) is 122 cm³/mol. The van der Waals surface area contributed by atoms with Crippen LogP contribution in [0.1, 0.15) is 42.9 Å². The SMILES string of the molecule is Cc1cnc(SC[C@H]2CCCO2)nc1[C@@H]1CCCN(C(=O)CN2C(=O)CSC2=S)C1. The number of hydrogen-bond donors (Lipinski definition) is 0. The molecule has 1 aromatic heterocycles. The van der Waals surface area contributed by atoms with Gasteiger partial charge in [-0.3, -0.25) is 14.5 Å². The van der Waals surface area contributed by atoms with Gasteiger partial charge in [0.05, 0.1) is 17.6 Å². The van der Waals surface area contributed by atoms with Gasteiger partial charge in [0.15, 0.2) is 5.16 Å². The quantitative estimate of drug-likeness (QED) is 0.360. The Balaban J connectivity index is 1.39. The summed E-state index contributed by atoms with van der Waals surface area (Å²) in [4.78, 5) is 37.4. The molecule has 0 radical (unpaired) electrons. The van der Waals surface area contributed by atoms with Crippen LogP contribution in [0, 0.1) is 6.92 Å². The second-order valence-electron chi connectivity index (χ2n) is 7.88. The standard InChI is InChI=1S/C20H26N4O3S3/c1-13-8-21-19(29-11-15-5-3-7-27-15)22-18(13)14-4-2-6-23(9-14)16(25)10-24-17(26)12-30-20(24)28/h8,14-15H,2-7,9-12H2,1H3/t14-,15-/m1/s1. The number of likely N-dealkylation sites (tertiary alicyclic amines) is 1. The van der Waals surface area contributed by atoms with Crippen molar-refractivity contribution >= 4 is 51.9 Å². The van der Waals surface area contributed by atoms with Crippen LogP contribution < -0.4 is 0 Å². The van der Waals surface area contributed by atoms with E-state index in [-0.39, 0.29) is 24.3 Å². The minimum absolute atomic E-state index is 0.0439. The summed E-state index contributed by atoms with van der Waals surface area (Å²) >= 11 is 8.17. The van der Waals surface area contributed by atoms with Crippen molar-refractivity contribution in [3.63, 3.8) is 0 Å². The monoisotopic (exact) mass is 466 g/mol. The lowest BCUT2D eigenvalue weighted by Crippen LogP contribution is -2.46. The average Bonchev–Trinajstić information content (AvgIpc) is 3.38. The number of ether oxygens (including phenoxy) is 1. The zero-order valence-corrected chi connectivity index (χ0v) is 19.5. The second kappa shape index (κ2) is 9.93. The number of piperidine rings is 1. The summed E-state index contributed by atoms with van der Waals surface area (Å²) in [6, 6.07) is 0. The largest absolute Gasteiger partial charge is 0.377 e. The molecule has 7 nitrogen and oxygen atoms in total. The average molecular weight is 467 g/mol. The van der Waals surface area contributed by atoms with Crippen molar-refractivity contribution < 1.29 is 14.3 Å². The number of rotatable bonds is 6. The highest BCUT2D eigenvalue weighted by Gasteiger charge is 2.32. The van der Waals surface area contributed by atoms with Gasteiger partial charge in [-0.25, -0.2) is 9.97 Å². The summed E-state index contributed by atoms with van der Waals surface area (Å²) in [5, 5.41) is 0.777. The van der Waals surface area contributed by atoms with Gasteiger partial charge < -0.3 is 9.64 Å². The van der Waals surface area contributed by atoms with E-state index in [1.165, 1.54) is 16.7 Å². The second-order valence-corrected chi connectivity index (χ2v) is 10.5. The maximum absolute atomic E-state index is 12.8. The molecule has 0 unspecified atom stereocenters. The van der Waals surface area contributed by atoms with Crippen molar-refractivity contribution in [2.75, 3.05) is 37.7 Å². The van der Waals surface area contributed by atoms with Gasteiger partial charge in [-0.2, -0.15) is 0 Å². The summed E-state index contributed by atoms with van der Waals surface area (Å²) < 4.78 is 6.20. The number of thioether (sulfide) groups is 2. The van der Waals surface area contributed by atoms with Crippen LogP contribution in [0.2, 0.25) is 0 Å². The first-order chi connectivity index (χ1) is 14.5. The molecule has 1 aromatic rings. The first kappa shape index (κ1) is 22.0. The number of amides is 2. The minimum Gasteiger partial charge on any atom is -0.377 e. The molecule has 10 heteroatoms. The highest BCUT2D eigenvalue weighted by atomic mass is 32.2. The smallest absolute Gasteiger partial charge is 0.242 e. The Labute approximate surface area is 190 Å². The summed E-state index contributed by atoms with van der Waals surface area (Å²) in [5.41, 5.74) is 2.09. The minimum atomic E-state index is -0.0773. The van der Waals surface area contributed by atoms with Crippen LogP contribution in [-0.4, -0.2) is 79.8 Å². The van der Waals surface area contributed by atoms with Crippen LogP contribution in [0.15, 0.2) is 11.4 Å². The Morgan fingerprint density at radius 3 is 3.00 bits per heavy atom. The van der Waals surface area contributed by atoms with Crippen LogP contribution in [0.25, 0.3) is 0 Å². The molecule has 2 amide bonds. The van der Waals surface area contributed by atoms with Crippen molar-refractivity contribution in [2.45, 2.75) is 49.8 Å². The molecule has 3 aliphatic heterocycles. The van der Waals surface area contributed by atoms with Crippen LogP contribution in [-0.2, 0) is 14.3 Å². The molecule has 3 fully saturated rings. The molecule has 0 N–H and O–H groups in total.